The van der Waals surface area contributed by atoms with Crippen molar-refractivity contribution in [2.45, 2.75) is 0 Å². The van der Waals surface area contributed by atoms with Crippen LogP contribution in [0.5, 0.6) is 0 Å². The van der Waals surface area contributed by atoms with Crippen LogP contribution in [0.2, 0.25) is 0 Å². The number of nitrogens with zero attached hydrogens (tertiary/aromatic N) is 2. The van der Waals surface area contributed by atoms with E-state index in [4.69, 9.17) is 0 Å². The number of fused-ring (bicyclic) bond motifs is 1. The van der Waals surface area contributed by atoms with Crippen LogP contribution < -0.4 is 5.56 Å². The van der Waals surface area contributed by atoms with Gasteiger partial charge in [0.1, 0.15) is 11.0 Å². The highest BCUT2D eigenvalue weighted by molar-refractivity contribution is 7.17. The predicted molar refractivity (Wildman–Crippen MR) is 101 cm³/mol. The van der Waals surface area contributed by atoms with E-state index in [1.165, 1.54) is 11.3 Å². The van der Waals surface area contributed by atoms with Crippen LogP contribution in [-0.2, 0) is 0 Å². The molecule has 116 valence electrons. The number of hydrogen-bond acceptors (Lipinski definition) is 3. The molecule has 0 saturated heterocycles. The van der Waals surface area contributed by atoms with Gasteiger partial charge in [-0.2, -0.15) is 0 Å². The van der Waals surface area contributed by atoms with E-state index in [0.29, 0.717) is 4.70 Å². The molecule has 0 atom stereocenters. The minimum atomic E-state index is -0.0430. The molecule has 0 aliphatic carbocycles. The molecule has 24 heavy (non-hydrogen) atoms. The summed E-state index contributed by atoms with van der Waals surface area (Å²) < 4.78 is 2.25. The number of hydrogen-bond donors (Lipinski definition) is 0. The largest absolute Gasteiger partial charge is 0.275 e. The summed E-state index contributed by atoms with van der Waals surface area (Å²) in [4.78, 5) is 17.4. The fourth-order valence-electron chi connectivity index (χ4n) is 2.69. The smallest absolute Gasteiger partial charge is 0.267 e. The van der Waals surface area contributed by atoms with E-state index in [1.807, 2.05) is 60.0 Å². The van der Waals surface area contributed by atoms with Crippen molar-refractivity contribution < 1.29 is 0 Å². The van der Waals surface area contributed by atoms with Gasteiger partial charge < -0.3 is 0 Å². The van der Waals surface area contributed by atoms with Crippen molar-refractivity contribution in [2.75, 3.05) is 0 Å². The van der Waals surface area contributed by atoms with Gasteiger partial charge in [0.25, 0.3) is 5.56 Å². The molecule has 0 radical (unpaired) electrons. The van der Waals surface area contributed by atoms with Crippen LogP contribution in [-0.4, -0.2) is 9.55 Å². The SMILES string of the molecule is C=Cc1ccc(-n2cnc3c(-c4ccccc4)csc3c2=O)cc1. The first-order chi connectivity index (χ1) is 11.8. The molecule has 4 aromatic rings. The number of aromatic nitrogens is 2. The lowest BCUT2D eigenvalue weighted by atomic mass is 10.1. The van der Waals surface area contributed by atoms with Crippen LogP contribution in [0.3, 0.4) is 0 Å². The second-order valence-corrected chi connectivity index (χ2v) is 6.29. The fourth-order valence-corrected chi connectivity index (χ4v) is 3.64. The van der Waals surface area contributed by atoms with E-state index in [1.54, 1.807) is 17.0 Å². The van der Waals surface area contributed by atoms with Gasteiger partial charge in [-0.25, -0.2) is 4.98 Å². The predicted octanol–water partition coefficient (Wildman–Crippen LogP) is 4.76. The molecule has 0 aliphatic heterocycles. The lowest BCUT2D eigenvalue weighted by Gasteiger charge is -2.06. The van der Waals surface area contributed by atoms with Crippen molar-refractivity contribution in [3.8, 4) is 16.8 Å². The van der Waals surface area contributed by atoms with Crippen molar-refractivity contribution in [1.29, 1.82) is 0 Å². The third kappa shape index (κ3) is 2.37. The van der Waals surface area contributed by atoms with Gasteiger partial charge in [-0.15, -0.1) is 11.3 Å². The molecular weight excluding hydrogens is 316 g/mol. The van der Waals surface area contributed by atoms with Crippen molar-refractivity contribution in [3.63, 3.8) is 0 Å². The first-order valence-corrected chi connectivity index (χ1v) is 8.43. The average Bonchev–Trinajstić information content (AvgIpc) is 3.08. The molecule has 0 aliphatic rings. The Kier molecular flexibility index (Phi) is 3.59. The zero-order valence-electron chi connectivity index (χ0n) is 12.8. The molecule has 2 aromatic carbocycles. The van der Waals surface area contributed by atoms with Crippen molar-refractivity contribution in [1.82, 2.24) is 9.55 Å². The van der Waals surface area contributed by atoms with Gasteiger partial charge >= 0.3 is 0 Å². The van der Waals surface area contributed by atoms with Gasteiger partial charge in [-0.05, 0) is 23.3 Å². The molecule has 0 fully saturated rings. The van der Waals surface area contributed by atoms with Crippen molar-refractivity contribution in [3.05, 3.63) is 88.8 Å². The molecule has 2 heterocycles. The van der Waals surface area contributed by atoms with Gasteiger partial charge in [0, 0.05) is 10.9 Å². The minimum absolute atomic E-state index is 0.0430. The summed E-state index contributed by atoms with van der Waals surface area (Å²) in [5, 5.41) is 2.00. The molecule has 0 saturated carbocycles. The molecule has 0 spiro atoms. The number of thiophene rings is 1. The molecule has 2 aromatic heterocycles. The maximum absolute atomic E-state index is 12.8. The Morgan fingerprint density at radius 3 is 2.50 bits per heavy atom. The van der Waals surface area contributed by atoms with Crippen LogP contribution in [0.15, 0.2) is 77.7 Å². The van der Waals surface area contributed by atoms with E-state index < -0.39 is 0 Å². The fraction of sp³-hybridized carbons (Fsp3) is 0. The van der Waals surface area contributed by atoms with Crippen LogP contribution in [0.1, 0.15) is 5.56 Å². The normalized spacial score (nSPS) is 10.8. The quantitative estimate of drug-likeness (QED) is 0.543. The maximum Gasteiger partial charge on any atom is 0.275 e. The zero-order valence-corrected chi connectivity index (χ0v) is 13.7. The summed E-state index contributed by atoms with van der Waals surface area (Å²) in [5.74, 6) is 0. The average molecular weight is 330 g/mol. The third-order valence-electron chi connectivity index (χ3n) is 3.97. The van der Waals surface area contributed by atoms with Crippen LogP contribution in [0, 0.1) is 0 Å². The molecule has 0 unspecified atom stereocenters. The minimum Gasteiger partial charge on any atom is -0.267 e. The van der Waals surface area contributed by atoms with E-state index >= 15 is 0 Å². The zero-order chi connectivity index (χ0) is 16.5. The number of rotatable bonds is 3. The lowest BCUT2D eigenvalue weighted by Crippen LogP contribution is -2.17. The van der Waals surface area contributed by atoms with Gasteiger partial charge in [0.15, 0.2) is 0 Å². The molecular formula is C20H14N2OS. The Hall–Kier alpha value is -2.98. The number of benzene rings is 2. The highest BCUT2D eigenvalue weighted by Crippen LogP contribution is 2.30. The van der Waals surface area contributed by atoms with Crippen LogP contribution >= 0.6 is 11.3 Å². The molecule has 0 amide bonds. The highest BCUT2D eigenvalue weighted by atomic mass is 32.1. The Bertz CT molecular complexity index is 1080. The molecule has 0 bridgehead atoms. The van der Waals surface area contributed by atoms with Crippen LogP contribution in [0.25, 0.3) is 33.1 Å². The van der Waals surface area contributed by atoms with Crippen molar-refractivity contribution >= 4 is 27.6 Å². The Morgan fingerprint density at radius 2 is 1.79 bits per heavy atom. The Morgan fingerprint density at radius 1 is 1.04 bits per heavy atom. The van der Waals surface area contributed by atoms with Gasteiger partial charge in [0.2, 0.25) is 0 Å². The standard InChI is InChI=1S/C20H14N2OS/c1-2-14-8-10-16(11-9-14)22-13-21-18-17(12-24-19(18)20(22)23)15-6-4-3-5-7-15/h2-13H,1H2. The first kappa shape index (κ1) is 14.6. The van der Waals surface area contributed by atoms with E-state index in [-0.39, 0.29) is 5.56 Å². The third-order valence-corrected chi connectivity index (χ3v) is 4.93. The van der Waals surface area contributed by atoms with Gasteiger partial charge in [-0.3, -0.25) is 9.36 Å². The van der Waals surface area contributed by atoms with E-state index in [0.717, 1.165) is 27.9 Å². The Balaban J connectivity index is 1.87. The van der Waals surface area contributed by atoms with Gasteiger partial charge in [0.05, 0.1) is 11.2 Å². The molecule has 4 heteroatoms. The second kappa shape index (κ2) is 5.91. The van der Waals surface area contributed by atoms with E-state index in [9.17, 15) is 4.79 Å². The Labute approximate surface area is 143 Å². The van der Waals surface area contributed by atoms with Crippen molar-refractivity contribution in [2.24, 2.45) is 0 Å². The summed E-state index contributed by atoms with van der Waals surface area (Å²) in [5.41, 5.74) is 4.61. The summed E-state index contributed by atoms with van der Waals surface area (Å²) >= 11 is 1.44. The van der Waals surface area contributed by atoms with Crippen LogP contribution in [0.4, 0.5) is 0 Å². The maximum atomic E-state index is 12.8. The highest BCUT2D eigenvalue weighted by Gasteiger charge is 2.12. The second-order valence-electron chi connectivity index (χ2n) is 5.41. The monoisotopic (exact) mass is 330 g/mol. The molecule has 4 rings (SSSR count). The summed E-state index contributed by atoms with van der Waals surface area (Å²) in [6.45, 7) is 3.74. The lowest BCUT2D eigenvalue weighted by molar-refractivity contribution is 0.967. The summed E-state index contributed by atoms with van der Waals surface area (Å²) in [7, 11) is 0. The molecule has 0 N–H and O–H groups in total. The first-order valence-electron chi connectivity index (χ1n) is 7.55. The summed E-state index contributed by atoms with van der Waals surface area (Å²) in [6.07, 6.45) is 3.38. The van der Waals surface area contributed by atoms with E-state index in [2.05, 4.69) is 11.6 Å². The topological polar surface area (TPSA) is 34.9 Å². The molecule has 3 nitrogen and oxygen atoms in total. The van der Waals surface area contributed by atoms with Gasteiger partial charge in [-0.1, -0.05) is 55.1 Å². The summed E-state index contributed by atoms with van der Waals surface area (Å²) in [6, 6.07) is 17.7.